The summed E-state index contributed by atoms with van der Waals surface area (Å²) in [4.78, 5) is 0. The summed E-state index contributed by atoms with van der Waals surface area (Å²) in [7, 11) is 0. The van der Waals surface area contributed by atoms with E-state index >= 15 is 0 Å². The predicted molar refractivity (Wildman–Crippen MR) is 66.5 cm³/mol. The fourth-order valence-corrected chi connectivity index (χ4v) is 2.68. The number of nitrogens with two attached hydrogens (primary N) is 1. The topological polar surface area (TPSA) is 71.4 Å². The Hall–Kier alpha value is -0.840. The molecular weight excluding hydrogens is 216 g/mol. The Morgan fingerprint density at radius 2 is 2.29 bits per heavy atom. The molecule has 2 rings (SSSR count). The maximum absolute atomic E-state index is 9.39. The molecule has 1 aliphatic rings. The lowest BCUT2D eigenvalue weighted by Gasteiger charge is -2.33. The monoisotopic (exact) mass is 238 g/mol. The molecule has 1 saturated carbocycles. The molecule has 3 atom stereocenters. The SMILES string of the molecule is NCC(NC1CCCCC1CO)c1ccoc1. The van der Waals surface area contributed by atoms with Crippen LogP contribution in [0, 0.1) is 5.92 Å². The molecule has 3 unspecified atom stereocenters. The first-order valence-corrected chi connectivity index (χ1v) is 6.44. The maximum Gasteiger partial charge on any atom is 0.0950 e. The van der Waals surface area contributed by atoms with Crippen LogP contribution in [0.1, 0.15) is 37.3 Å². The molecule has 0 bridgehead atoms. The van der Waals surface area contributed by atoms with E-state index < -0.39 is 0 Å². The summed E-state index contributed by atoms with van der Waals surface area (Å²) in [6.45, 7) is 0.814. The van der Waals surface area contributed by atoms with Gasteiger partial charge in [-0.2, -0.15) is 0 Å². The molecule has 0 saturated heterocycles. The average Bonchev–Trinajstić information content (AvgIpc) is 2.90. The Kier molecular flexibility index (Phi) is 4.59. The number of aliphatic hydroxyl groups is 1. The molecule has 0 aliphatic heterocycles. The lowest BCUT2D eigenvalue weighted by atomic mass is 9.84. The molecule has 96 valence electrons. The van der Waals surface area contributed by atoms with Crippen LogP contribution in [0.15, 0.2) is 23.0 Å². The van der Waals surface area contributed by atoms with E-state index in [0.29, 0.717) is 18.5 Å². The van der Waals surface area contributed by atoms with E-state index in [1.165, 1.54) is 12.8 Å². The van der Waals surface area contributed by atoms with Crippen LogP contribution in [-0.2, 0) is 0 Å². The van der Waals surface area contributed by atoms with E-state index in [0.717, 1.165) is 18.4 Å². The average molecular weight is 238 g/mol. The van der Waals surface area contributed by atoms with Gasteiger partial charge in [0.25, 0.3) is 0 Å². The van der Waals surface area contributed by atoms with Crippen LogP contribution in [0.4, 0.5) is 0 Å². The van der Waals surface area contributed by atoms with Crippen molar-refractivity contribution >= 4 is 0 Å². The van der Waals surface area contributed by atoms with Gasteiger partial charge in [-0.05, 0) is 24.8 Å². The number of nitrogens with one attached hydrogen (secondary N) is 1. The summed E-state index contributed by atoms with van der Waals surface area (Å²) in [6, 6.07) is 2.45. The highest BCUT2D eigenvalue weighted by Gasteiger charge is 2.26. The number of aliphatic hydroxyl groups excluding tert-OH is 1. The molecule has 0 radical (unpaired) electrons. The second-order valence-electron chi connectivity index (χ2n) is 4.85. The third kappa shape index (κ3) is 3.09. The zero-order valence-corrected chi connectivity index (χ0v) is 10.1. The quantitative estimate of drug-likeness (QED) is 0.725. The fraction of sp³-hybridized carbons (Fsp3) is 0.692. The molecule has 4 nitrogen and oxygen atoms in total. The second-order valence-corrected chi connectivity index (χ2v) is 4.85. The summed E-state index contributed by atoms with van der Waals surface area (Å²) in [6.07, 6.45) is 8.10. The van der Waals surface area contributed by atoms with Crippen molar-refractivity contribution in [3.63, 3.8) is 0 Å². The van der Waals surface area contributed by atoms with Crippen LogP contribution in [0.2, 0.25) is 0 Å². The maximum atomic E-state index is 9.39. The van der Waals surface area contributed by atoms with E-state index in [4.69, 9.17) is 10.2 Å². The van der Waals surface area contributed by atoms with Gasteiger partial charge in [0.1, 0.15) is 0 Å². The molecule has 17 heavy (non-hydrogen) atoms. The van der Waals surface area contributed by atoms with Crippen LogP contribution < -0.4 is 11.1 Å². The summed E-state index contributed by atoms with van der Waals surface area (Å²) >= 11 is 0. The van der Waals surface area contributed by atoms with Crippen LogP contribution >= 0.6 is 0 Å². The minimum atomic E-state index is 0.130. The highest BCUT2D eigenvalue weighted by atomic mass is 16.3. The molecule has 4 heteroatoms. The van der Waals surface area contributed by atoms with E-state index in [1.54, 1.807) is 12.5 Å². The number of furan rings is 1. The van der Waals surface area contributed by atoms with Crippen LogP contribution in [0.3, 0.4) is 0 Å². The first kappa shape index (κ1) is 12.6. The summed E-state index contributed by atoms with van der Waals surface area (Å²) in [5.41, 5.74) is 6.89. The zero-order valence-electron chi connectivity index (χ0n) is 10.1. The van der Waals surface area contributed by atoms with E-state index in [9.17, 15) is 5.11 Å². The lowest BCUT2D eigenvalue weighted by molar-refractivity contribution is 0.146. The number of rotatable bonds is 5. The third-order valence-electron chi connectivity index (χ3n) is 3.74. The largest absolute Gasteiger partial charge is 0.472 e. The molecule has 1 aromatic rings. The van der Waals surface area contributed by atoms with Crippen molar-refractivity contribution in [2.75, 3.05) is 13.2 Å². The van der Waals surface area contributed by atoms with Crippen molar-refractivity contribution < 1.29 is 9.52 Å². The first-order valence-electron chi connectivity index (χ1n) is 6.44. The Morgan fingerprint density at radius 1 is 1.47 bits per heavy atom. The van der Waals surface area contributed by atoms with Gasteiger partial charge in [-0.1, -0.05) is 12.8 Å². The minimum absolute atomic E-state index is 0.130. The zero-order chi connectivity index (χ0) is 12.1. The summed E-state index contributed by atoms with van der Waals surface area (Å²) in [5.74, 6) is 0.365. The van der Waals surface area contributed by atoms with Gasteiger partial charge in [0.2, 0.25) is 0 Å². The Morgan fingerprint density at radius 3 is 2.94 bits per heavy atom. The van der Waals surface area contributed by atoms with Crippen LogP contribution in [0.25, 0.3) is 0 Å². The third-order valence-corrected chi connectivity index (χ3v) is 3.74. The van der Waals surface area contributed by atoms with Gasteiger partial charge in [-0.25, -0.2) is 0 Å². The van der Waals surface area contributed by atoms with Gasteiger partial charge in [-0.3, -0.25) is 0 Å². The minimum Gasteiger partial charge on any atom is -0.472 e. The second kappa shape index (κ2) is 6.19. The molecule has 1 aliphatic carbocycles. The predicted octanol–water partition coefficient (Wildman–Crippen LogP) is 1.42. The highest BCUT2D eigenvalue weighted by Crippen LogP contribution is 2.26. The van der Waals surface area contributed by atoms with Crippen molar-refractivity contribution in [3.8, 4) is 0 Å². The molecule has 0 aromatic carbocycles. The normalized spacial score (nSPS) is 26.9. The fourth-order valence-electron chi connectivity index (χ4n) is 2.68. The van der Waals surface area contributed by atoms with Crippen molar-refractivity contribution in [2.45, 2.75) is 37.8 Å². The smallest absolute Gasteiger partial charge is 0.0950 e. The molecular formula is C13H22N2O2. The van der Waals surface area contributed by atoms with E-state index in [-0.39, 0.29) is 12.6 Å². The van der Waals surface area contributed by atoms with Crippen molar-refractivity contribution in [1.82, 2.24) is 5.32 Å². The molecule has 0 spiro atoms. The van der Waals surface area contributed by atoms with Gasteiger partial charge in [0, 0.05) is 30.8 Å². The lowest BCUT2D eigenvalue weighted by Crippen LogP contribution is -2.44. The van der Waals surface area contributed by atoms with Crippen molar-refractivity contribution in [3.05, 3.63) is 24.2 Å². The summed E-state index contributed by atoms with van der Waals surface area (Å²) < 4.78 is 5.09. The van der Waals surface area contributed by atoms with Crippen LogP contribution in [0.5, 0.6) is 0 Å². The standard InChI is InChI=1S/C13H22N2O2/c14-7-13(11-5-6-17-9-11)15-12-4-2-1-3-10(12)8-16/h5-6,9-10,12-13,15-16H,1-4,7-8,14H2. The molecule has 1 fully saturated rings. The Balaban J connectivity index is 1.97. The van der Waals surface area contributed by atoms with E-state index in [1.807, 2.05) is 6.07 Å². The Labute approximate surface area is 102 Å². The Bertz CT molecular complexity index is 313. The van der Waals surface area contributed by atoms with Gasteiger partial charge < -0.3 is 20.6 Å². The molecule has 4 N–H and O–H groups in total. The number of hydrogen-bond acceptors (Lipinski definition) is 4. The van der Waals surface area contributed by atoms with E-state index in [2.05, 4.69) is 5.32 Å². The van der Waals surface area contributed by atoms with Gasteiger partial charge in [-0.15, -0.1) is 0 Å². The number of hydrogen-bond donors (Lipinski definition) is 3. The van der Waals surface area contributed by atoms with Gasteiger partial charge in [0.05, 0.1) is 12.5 Å². The van der Waals surface area contributed by atoms with Crippen molar-refractivity contribution in [2.24, 2.45) is 11.7 Å². The van der Waals surface area contributed by atoms with Crippen LogP contribution in [-0.4, -0.2) is 24.3 Å². The first-order chi connectivity index (χ1) is 8.35. The van der Waals surface area contributed by atoms with Crippen molar-refractivity contribution in [1.29, 1.82) is 0 Å². The summed E-state index contributed by atoms with van der Waals surface area (Å²) in [5, 5.41) is 13.0. The molecule has 0 amide bonds. The highest BCUT2D eigenvalue weighted by molar-refractivity contribution is 5.12. The van der Waals surface area contributed by atoms with Gasteiger partial charge in [0.15, 0.2) is 0 Å². The van der Waals surface area contributed by atoms with Gasteiger partial charge >= 0.3 is 0 Å². The molecule has 1 aromatic heterocycles. The molecule has 1 heterocycles.